The number of aromatic carboxylic acids is 1. The molecule has 0 amide bonds. The van der Waals surface area contributed by atoms with E-state index in [1.165, 1.54) is 20.9 Å². The highest BCUT2D eigenvalue weighted by Crippen LogP contribution is 2.26. The van der Waals surface area contributed by atoms with Crippen molar-refractivity contribution in [3.05, 3.63) is 17.0 Å². The zero-order valence-electron chi connectivity index (χ0n) is 12.0. The quantitative estimate of drug-likeness (QED) is 0.717. The lowest BCUT2D eigenvalue weighted by atomic mass is 10.2. The number of hydrogen-bond acceptors (Lipinski definition) is 4. The summed E-state index contributed by atoms with van der Waals surface area (Å²) in [4.78, 5) is 13.6. The van der Waals surface area contributed by atoms with Gasteiger partial charge >= 0.3 is 5.97 Å². The van der Waals surface area contributed by atoms with Gasteiger partial charge in [-0.1, -0.05) is 0 Å². The van der Waals surface area contributed by atoms with E-state index in [2.05, 4.69) is 4.98 Å². The number of aliphatic hydroxyl groups excluding tert-OH is 1. The number of nitrogens with one attached hydrogen (secondary N) is 1. The fourth-order valence-corrected chi connectivity index (χ4v) is 3.56. The van der Waals surface area contributed by atoms with Crippen molar-refractivity contribution >= 4 is 16.0 Å². The number of hydrogen-bond donors (Lipinski definition) is 3. The first-order valence-corrected chi connectivity index (χ1v) is 7.60. The molecule has 1 unspecified atom stereocenters. The second kappa shape index (κ2) is 5.94. The number of rotatable bonds is 6. The van der Waals surface area contributed by atoms with Gasteiger partial charge in [0.1, 0.15) is 10.6 Å². The van der Waals surface area contributed by atoms with E-state index in [4.69, 9.17) is 5.11 Å². The highest BCUT2D eigenvalue weighted by atomic mass is 32.2. The van der Waals surface area contributed by atoms with E-state index in [-0.39, 0.29) is 22.7 Å². The van der Waals surface area contributed by atoms with E-state index in [1.54, 1.807) is 6.92 Å². The lowest BCUT2D eigenvalue weighted by Crippen LogP contribution is -2.30. The average Bonchev–Trinajstić information content (AvgIpc) is 2.61. The van der Waals surface area contributed by atoms with Gasteiger partial charge < -0.3 is 15.2 Å². The molecule has 1 heterocycles. The molecular formula is C12H20N2O5S. The molecule has 0 aliphatic heterocycles. The molecule has 0 spiro atoms. The van der Waals surface area contributed by atoms with Gasteiger partial charge in [-0.05, 0) is 27.2 Å². The third-order valence-electron chi connectivity index (χ3n) is 3.11. The molecule has 0 bridgehead atoms. The first-order chi connectivity index (χ1) is 9.09. The summed E-state index contributed by atoms with van der Waals surface area (Å²) in [7, 11) is -2.37. The van der Waals surface area contributed by atoms with E-state index in [0.29, 0.717) is 12.1 Å². The van der Waals surface area contributed by atoms with Gasteiger partial charge in [0.15, 0.2) is 0 Å². The third-order valence-corrected chi connectivity index (χ3v) is 5.24. The number of aromatic nitrogens is 1. The Morgan fingerprint density at radius 3 is 2.35 bits per heavy atom. The first kappa shape index (κ1) is 16.7. The summed E-state index contributed by atoms with van der Waals surface area (Å²) in [5, 5.41) is 18.2. The largest absolute Gasteiger partial charge is 0.477 e. The number of aliphatic hydroxyl groups is 1. The number of carbonyl (C=O) groups is 1. The summed E-state index contributed by atoms with van der Waals surface area (Å²) in [5.41, 5.74) is 0.368. The first-order valence-electron chi connectivity index (χ1n) is 6.16. The van der Waals surface area contributed by atoms with Crippen LogP contribution in [0.1, 0.15) is 35.1 Å². The van der Waals surface area contributed by atoms with Crippen molar-refractivity contribution in [3.63, 3.8) is 0 Å². The maximum absolute atomic E-state index is 12.5. The number of H-pyrrole nitrogens is 1. The van der Waals surface area contributed by atoms with Crippen molar-refractivity contribution in [3.8, 4) is 0 Å². The van der Waals surface area contributed by atoms with E-state index in [0.717, 1.165) is 4.31 Å². The van der Waals surface area contributed by atoms with Crippen LogP contribution in [0, 0.1) is 13.8 Å². The van der Waals surface area contributed by atoms with E-state index >= 15 is 0 Å². The molecule has 1 atom stereocenters. The minimum absolute atomic E-state index is 0.0111. The Hall–Kier alpha value is -1.38. The van der Waals surface area contributed by atoms with Crippen molar-refractivity contribution in [2.45, 2.75) is 38.2 Å². The molecule has 0 radical (unpaired) electrons. The summed E-state index contributed by atoms with van der Waals surface area (Å²) >= 11 is 0. The normalized spacial score (nSPS) is 13.7. The molecule has 8 heteroatoms. The predicted molar refractivity (Wildman–Crippen MR) is 73.3 cm³/mol. The molecule has 0 saturated carbocycles. The summed E-state index contributed by atoms with van der Waals surface area (Å²) in [6, 6.07) is 0. The Labute approximate surface area is 118 Å². The van der Waals surface area contributed by atoms with Crippen LogP contribution < -0.4 is 0 Å². The Morgan fingerprint density at radius 2 is 1.95 bits per heavy atom. The summed E-state index contributed by atoms with van der Waals surface area (Å²) < 4.78 is 26.0. The van der Waals surface area contributed by atoms with Crippen LogP contribution in [0.5, 0.6) is 0 Å². The maximum atomic E-state index is 12.5. The van der Waals surface area contributed by atoms with E-state index < -0.39 is 22.1 Å². The molecule has 1 aromatic rings. The standard InChI is InChI=1S/C12H20N2O5S/c1-7(15)5-6-14(4)20(18,19)11-8(2)10(12(16)17)13-9(11)3/h7,13,15H,5-6H2,1-4H3,(H,16,17). The number of aromatic amines is 1. The molecule has 0 aromatic carbocycles. The molecule has 1 aromatic heterocycles. The Morgan fingerprint density at radius 1 is 1.40 bits per heavy atom. The van der Waals surface area contributed by atoms with Crippen LogP contribution in [0.2, 0.25) is 0 Å². The maximum Gasteiger partial charge on any atom is 0.352 e. The molecule has 0 fully saturated rings. The summed E-state index contributed by atoms with van der Waals surface area (Å²) in [6.45, 7) is 4.72. The topological polar surface area (TPSA) is 111 Å². The zero-order chi connectivity index (χ0) is 15.7. The number of aryl methyl sites for hydroxylation is 1. The summed E-state index contributed by atoms with van der Waals surface area (Å²) in [5.74, 6) is -1.20. The molecule has 3 N–H and O–H groups in total. The lowest BCUT2D eigenvalue weighted by molar-refractivity contribution is 0.0690. The highest BCUT2D eigenvalue weighted by Gasteiger charge is 2.29. The van der Waals surface area contributed by atoms with Crippen molar-refractivity contribution in [1.82, 2.24) is 9.29 Å². The summed E-state index contributed by atoms with van der Waals surface area (Å²) in [6.07, 6.45) is -0.292. The van der Waals surface area contributed by atoms with Gasteiger partial charge in [-0.15, -0.1) is 0 Å². The van der Waals surface area contributed by atoms with Crippen LogP contribution in [0.15, 0.2) is 4.90 Å². The number of carboxylic acid groups (broad SMARTS) is 1. The molecule has 114 valence electrons. The van der Waals surface area contributed by atoms with Crippen LogP contribution in [0.3, 0.4) is 0 Å². The van der Waals surface area contributed by atoms with Crippen LogP contribution in [-0.4, -0.2) is 53.6 Å². The molecular weight excluding hydrogens is 284 g/mol. The van der Waals surface area contributed by atoms with E-state index in [9.17, 15) is 18.3 Å². The monoisotopic (exact) mass is 304 g/mol. The predicted octanol–water partition coefficient (Wildman–Crippen LogP) is 0.721. The number of nitrogens with zero attached hydrogens (tertiary/aromatic N) is 1. The second-order valence-corrected chi connectivity index (χ2v) is 6.83. The van der Waals surface area contributed by atoms with Gasteiger partial charge in [0.25, 0.3) is 0 Å². The van der Waals surface area contributed by atoms with Gasteiger partial charge in [-0.2, -0.15) is 0 Å². The third kappa shape index (κ3) is 3.20. The Bertz CT molecular complexity index is 604. The molecule has 0 aliphatic rings. The second-order valence-electron chi connectivity index (χ2n) is 4.85. The number of sulfonamides is 1. The van der Waals surface area contributed by atoms with Gasteiger partial charge in [0.2, 0.25) is 10.0 Å². The van der Waals surface area contributed by atoms with Crippen molar-refractivity contribution < 1.29 is 23.4 Å². The van der Waals surface area contributed by atoms with Gasteiger partial charge in [0.05, 0.1) is 6.10 Å². The van der Waals surface area contributed by atoms with Crippen LogP contribution in [-0.2, 0) is 10.0 Å². The SMILES string of the molecule is Cc1[nH]c(C(=O)O)c(C)c1S(=O)(=O)N(C)CCC(C)O. The Balaban J connectivity index is 3.19. The highest BCUT2D eigenvalue weighted by molar-refractivity contribution is 7.89. The van der Waals surface area contributed by atoms with Crippen LogP contribution in [0.4, 0.5) is 0 Å². The van der Waals surface area contributed by atoms with Gasteiger partial charge in [0, 0.05) is 24.8 Å². The van der Waals surface area contributed by atoms with Crippen molar-refractivity contribution in [2.24, 2.45) is 0 Å². The fraction of sp³-hybridized carbons (Fsp3) is 0.583. The van der Waals surface area contributed by atoms with Gasteiger partial charge in [-0.3, -0.25) is 0 Å². The minimum Gasteiger partial charge on any atom is -0.477 e. The zero-order valence-corrected chi connectivity index (χ0v) is 12.8. The number of carboxylic acids is 1. The smallest absolute Gasteiger partial charge is 0.352 e. The van der Waals surface area contributed by atoms with E-state index in [1.807, 2.05) is 0 Å². The molecule has 20 heavy (non-hydrogen) atoms. The van der Waals surface area contributed by atoms with Crippen LogP contribution in [0.25, 0.3) is 0 Å². The lowest BCUT2D eigenvalue weighted by Gasteiger charge is -2.18. The molecule has 7 nitrogen and oxygen atoms in total. The van der Waals surface area contributed by atoms with Crippen LogP contribution >= 0.6 is 0 Å². The average molecular weight is 304 g/mol. The molecule has 1 rings (SSSR count). The van der Waals surface area contributed by atoms with Gasteiger partial charge in [-0.25, -0.2) is 17.5 Å². The molecule has 0 aliphatic carbocycles. The van der Waals surface area contributed by atoms with Crippen molar-refractivity contribution in [2.75, 3.05) is 13.6 Å². The Kier molecular flexibility index (Phi) is 4.95. The van der Waals surface area contributed by atoms with Crippen molar-refractivity contribution in [1.29, 1.82) is 0 Å². The molecule has 0 saturated heterocycles. The minimum atomic E-state index is -3.78. The fourth-order valence-electron chi connectivity index (χ4n) is 1.98.